The molecular weight excluding hydrogens is 1150 g/mol. The van der Waals surface area contributed by atoms with Gasteiger partial charge in [-0.25, -0.2) is 4.79 Å². The molecule has 0 heterocycles. The van der Waals surface area contributed by atoms with Gasteiger partial charge in [0.25, 0.3) is 0 Å². The van der Waals surface area contributed by atoms with Gasteiger partial charge in [0.1, 0.15) is 48.3 Å². The van der Waals surface area contributed by atoms with Gasteiger partial charge in [0.2, 0.25) is 59.1 Å². The summed E-state index contributed by atoms with van der Waals surface area (Å²) in [6.45, 7) is 5.64. The highest BCUT2D eigenvalue weighted by molar-refractivity contribution is 6.00. The topological polar surface area (TPSA) is 434 Å². The van der Waals surface area contributed by atoms with Gasteiger partial charge >= 0.3 is 5.97 Å². The van der Waals surface area contributed by atoms with Crippen LogP contribution in [0, 0.1) is 5.92 Å². The highest BCUT2D eigenvalue weighted by Crippen LogP contribution is 2.22. The minimum absolute atomic E-state index is 0.0401. The third kappa shape index (κ3) is 23.0. The number of rotatable bonds is 38. The van der Waals surface area contributed by atoms with Crippen LogP contribution in [0.25, 0.3) is 21.5 Å². The number of fused-ring (bicyclic) bond motifs is 2. The van der Waals surface area contributed by atoms with Gasteiger partial charge in [-0.2, -0.15) is 0 Å². The van der Waals surface area contributed by atoms with Crippen molar-refractivity contribution in [1.82, 2.24) is 42.5 Å². The van der Waals surface area contributed by atoms with E-state index >= 15 is 0 Å². The average Bonchev–Trinajstić information content (AvgIpc) is 1.66. The van der Waals surface area contributed by atoms with Crippen LogP contribution in [0.5, 0.6) is 0 Å². The van der Waals surface area contributed by atoms with Crippen molar-refractivity contribution >= 4 is 86.6 Å². The number of benzene rings is 5. The number of carbonyl (C=O) groups excluding carboxylic acids is 10. The van der Waals surface area contributed by atoms with E-state index in [2.05, 4.69) is 42.5 Å². The van der Waals surface area contributed by atoms with E-state index in [1.165, 1.54) is 6.92 Å². The third-order valence-corrected chi connectivity index (χ3v) is 15.1. The molecule has 0 unspecified atom stereocenters. The summed E-state index contributed by atoms with van der Waals surface area (Å²) in [6, 6.07) is 21.2. The van der Waals surface area contributed by atoms with Crippen molar-refractivity contribution in [3.63, 3.8) is 0 Å². The summed E-state index contributed by atoms with van der Waals surface area (Å²) in [6.07, 6.45) is 0.400. The van der Waals surface area contributed by atoms with Crippen molar-refractivity contribution in [2.24, 2.45) is 34.6 Å². The second-order valence-corrected chi connectivity index (χ2v) is 22.9. The predicted molar refractivity (Wildman–Crippen MR) is 340 cm³/mol. The maximum Gasteiger partial charge on any atom is 0.326 e. The molecule has 25 heteroatoms. The Labute approximate surface area is 523 Å². The van der Waals surface area contributed by atoms with E-state index in [1.807, 2.05) is 56.3 Å². The number of nitrogens with two attached hydrogens (primary N) is 5. The summed E-state index contributed by atoms with van der Waals surface area (Å²) >= 11 is 0. The predicted octanol–water partition coefficient (Wildman–Crippen LogP) is 0.776. The highest BCUT2D eigenvalue weighted by Gasteiger charge is 2.36. The minimum Gasteiger partial charge on any atom is -0.480 e. The fourth-order valence-corrected chi connectivity index (χ4v) is 10.2. The zero-order chi connectivity index (χ0) is 65.9. The van der Waals surface area contributed by atoms with E-state index in [-0.39, 0.29) is 44.6 Å². The summed E-state index contributed by atoms with van der Waals surface area (Å²) in [5.41, 5.74) is 30.5. The van der Waals surface area contributed by atoms with Crippen molar-refractivity contribution in [2.75, 3.05) is 13.1 Å². The van der Waals surface area contributed by atoms with Gasteiger partial charge in [0.15, 0.2) is 0 Å². The summed E-state index contributed by atoms with van der Waals surface area (Å²) in [5, 5.41) is 34.2. The first kappa shape index (κ1) is 71.4. The molecule has 5 aromatic rings. The molecular formula is C65H87N13O12. The SMILES string of the molecule is CC(C)C[C@@H](NC(=O)[C@H](N)CCCCN)C(=O)N[C@@H](Cc1ccccc1)C(=O)N[C@@H](CC(N)=O)C(=O)N[C@@H](Cc1cccc2ccccc12)C(=O)N[C@@H](CCC(N)=O)C(=O)N[C@@H](C)C(=O)N[C@H](CCCCN)C(=O)N[C@H](Cc1cccc2ccccc12)C(=O)O. The van der Waals surface area contributed by atoms with Crippen LogP contribution in [-0.4, -0.2) is 138 Å². The smallest absolute Gasteiger partial charge is 0.326 e. The van der Waals surface area contributed by atoms with E-state index in [0.29, 0.717) is 60.7 Å². The molecule has 5 rings (SSSR count). The van der Waals surface area contributed by atoms with Gasteiger partial charge in [-0.05, 0) is 109 Å². The minimum atomic E-state index is -1.78. The van der Waals surface area contributed by atoms with E-state index in [1.54, 1.807) is 72.8 Å². The molecule has 0 fully saturated rings. The maximum atomic E-state index is 14.8. The molecule has 0 aliphatic carbocycles. The lowest BCUT2D eigenvalue weighted by molar-refractivity contribution is -0.142. The van der Waals surface area contributed by atoms with Gasteiger partial charge in [0, 0.05) is 25.7 Å². The van der Waals surface area contributed by atoms with Gasteiger partial charge in [-0.3, -0.25) is 47.9 Å². The van der Waals surface area contributed by atoms with Crippen LogP contribution in [0.2, 0.25) is 0 Å². The van der Waals surface area contributed by atoms with Crippen molar-refractivity contribution in [3.8, 4) is 0 Å². The number of nitrogens with one attached hydrogen (secondary N) is 8. The van der Waals surface area contributed by atoms with E-state index in [4.69, 9.17) is 28.7 Å². The molecule has 9 atom stereocenters. The molecule has 19 N–H and O–H groups in total. The molecule has 0 aromatic heterocycles. The lowest BCUT2D eigenvalue weighted by atomic mass is 9.97. The number of unbranched alkanes of at least 4 members (excludes halogenated alkanes) is 2. The standard InChI is InChI=1S/C65H87N13O12/c1-38(2)33-50(74-58(82)47(68)27-11-13-31-66)61(85)75-51(34-40-17-5-4-6-18-40)62(86)77-53(37-56(70)80)64(88)76-52(35-43-23-15-21-41-19-7-9-25-45(41)43)63(87)73-49(29-30-55(69)79)59(83)71-39(3)57(81)72-48(28-12-14-32-67)60(84)78-54(65(89)90)36-44-24-16-22-42-20-8-10-26-46(42)44/h4-10,15-26,38-39,47-54H,11-14,27-37,66-68H2,1-3H3,(H2,69,79)(H2,70,80)(H,71,83)(H,72,81)(H,73,87)(H,74,82)(H,75,85)(H,76,88)(H,77,86)(H,78,84)(H,89,90)/t39-,47+,48+,49-,50+,51-,52-,53-,54+/m0/s1. The molecule has 90 heavy (non-hydrogen) atoms. The monoisotopic (exact) mass is 1240 g/mol. The molecule has 0 aliphatic heterocycles. The fraction of sp³-hybridized carbons (Fsp3) is 0.431. The number of hydrogen-bond acceptors (Lipinski definition) is 14. The number of aliphatic carboxylic acids is 1. The Morgan fingerprint density at radius 3 is 1.38 bits per heavy atom. The Hall–Kier alpha value is -9.33. The number of amides is 10. The van der Waals surface area contributed by atoms with E-state index in [9.17, 15) is 57.8 Å². The largest absolute Gasteiger partial charge is 0.480 e. The van der Waals surface area contributed by atoms with E-state index < -0.39 is 139 Å². The van der Waals surface area contributed by atoms with E-state index in [0.717, 1.165) is 16.2 Å². The Balaban J connectivity index is 1.39. The first-order valence-electron chi connectivity index (χ1n) is 30.3. The van der Waals surface area contributed by atoms with Gasteiger partial charge in [-0.15, -0.1) is 0 Å². The van der Waals surface area contributed by atoms with Crippen molar-refractivity contribution in [1.29, 1.82) is 0 Å². The summed E-state index contributed by atoms with van der Waals surface area (Å²) < 4.78 is 0. The summed E-state index contributed by atoms with van der Waals surface area (Å²) in [5.74, 6) is -10.3. The van der Waals surface area contributed by atoms with Crippen molar-refractivity contribution in [3.05, 3.63) is 132 Å². The zero-order valence-corrected chi connectivity index (χ0v) is 51.2. The number of carboxylic acid groups (broad SMARTS) is 1. The summed E-state index contributed by atoms with van der Waals surface area (Å²) in [4.78, 5) is 151. The molecule has 0 aliphatic rings. The normalized spacial score (nSPS) is 14.2. The van der Waals surface area contributed by atoms with Crippen LogP contribution in [0.1, 0.15) is 102 Å². The van der Waals surface area contributed by atoms with Crippen LogP contribution >= 0.6 is 0 Å². The molecule has 0 saturated carbocycles. The maximum absolute atomic E-state index is 14.8. The van der Waals surface area contributed by atoms with Crippen LogP contribution in [-0.2, 0) is 72.0 Å². The Kier molecular flexibility index (Phi) is 28.7. The Morgan fingerprint density at radius 1 is 0.411 bits per heavy atom. The van der Waals surface area contributed by atoms with Gasteiger partial charge < -0.3 is 76.3 Å². The zero-order valence-electron chi connectivity index (χ0n) is 51.2. The molecule has 0 radical (unpaired) electrons. The number of carboxylic acids is 1. The van der Waals surface area contributed by atoms with Crippen LogP contribution in [0.3, 0.4) is 0 Å². The Bertz CT molecular complexity index is 3280. The van der Waals surface area contributed by atoms with Crippen LogP contribution in [0.15, 0.2) is 115 Å². The van der Waals surface area contributed by atoms with Crippen molar-refractivity contribution < 1.29 is 57.8 Å². The highest BCUT2D eigenvalue weighted by atomic mass is 16.4. The molecule has 484 valence electrons. The average molecular weight is 1240 g/mol. The lowest BCUT2D eigenvalue weighted by Crippen LogP contribution is -2.61. The molecule has 0 saturated heterocycles. The lowest BCUT2D eigenvalue weighted by Gasteiger charge is -2.28. The summed E-state index contributed by atoms with van der Waals surface area (Å²) in [7, 11) is 0. The number of primary amides is 2. The molecule has 25 nitrogen and oxygen atoms in total. The third-order valence-electron chi connectivity index (χ3n) is 15.1. The van der Waals surface area contributed by atoms with Crippen LogP contribution in [0.4, 0.5) is 0 Å². The van der Waals surface area contributed by atoms with Crippen molar-refractivity contribution in [2.45, 2.75) is 159 Å². The second kappa shape index (κ2) is 36.2. The number of hydrogen-bond donors (Lipinski definition) is 14. The fourth-order valence-electron chi connectivity index (χ4n) is 10.2. The first-order chi connectivity index (χ1) is 43.0. The second-order valence-electron chi connectivity index (χ2n) is 22.9. The first-order valence-corrected chi connectivity index (χ1v) is 30.3. The van der Waals surface area contributed by atoms with Gasteiger partial charge in [0.05, 0.1) is 12.5 Å². The quantitative estimate of drug-likeness (QED) is 0.0243. The van der Waals surface area contributed by atoms with Gasteiger partial charge in [-0.1, -0.05) is 136 Å². The molecule has 10 amide bonds. The molecule has 0 bridgehead atoms. The Morgan fingerprint density at radius 2 is 0.833 bits per heavy atom. The number of carbonyl (C=O) groups is 11. The molecule has 5 aromatic carbocycles. The molecule has 0 spiro atoms. The van der Waals surface area contributed by atoms with Crippen LogP contribution < -0.4 is 71.2 Å².